The van der Waals surface area contributed by atoms with E-state index in [1.54, 1.807) is 12.1 Å². The van der Waals surface area contributed by atoms with Gasteiger partial charge in [-0.05, 0) is 30.7 Å². The molecule has 0 spiro atoms. The zero-order valence-electron chi connectivity index (χ0n) is 10.6. The van der Waals surface area contributed by atoms with Gasteiger partial charge in [0.15, 0.2) is 5.78 Å². The monoisotopic (exact) mass is 350 g/mol. The predicted octanol–water partition coefficient (Wildman–Crippen LogP) is 4.85. The Morgan fingerprint density at radius 3 is 2.85 bits per heavy atom. The minimum Gasteiger partial charge on any atom is -0.493 e. The summed E-state index contributed by atoms with van der Waals surface area (Å²) in [5, 5.41) is 0.480. The van der Waals surface area contributed by atoms with Gasteiger partial charge >= 0.3 is 0 Å². The van der Waals surface area contributed by atoms with Gasteiger partial charge in [-0.25, -0.2) is 0 Å². The summed E-state index contributed by atoms with van der Waals surface area (Å²) in [6.07, 6.45) is 0.683. The number of halogens is 2. The van der Waals surface area contributed by atoms with Crippen LogP contribution in [0.5, 0.6) is 5.75 Å². The van der Waals surface area contributed by atoms with Gasteiger partial charge in [0.1, 0.15) is 5.75 Å². The SMILES string of the molecule is O=C(c1ccc(Br)cc1Cl)C1CCOc2ccccc21. The van der Waals surface area contributed by atoms with Crippen molar-refractivity contribution in [2.75, 3.05) is 6.61 Å². The third-order valence-electron chi connectivity index (χ3n) is 3.47. The number of hydrogen-bond acceptors (Lipinski definition) is 2. The first-order chi connectivity index (χ1) is 9.66. The van der Waals surface area contributed by atoms with E-state index < -0.39 is 0 Å². The molecule has 2 nitrogen and oxygen atoms in total. The van der Waals surface area contributed by atoms with E-state index in [1.807, 2.05) is 30.3 Å². The molecule has 1 aliphatic rings. The highest BCUT2D eigenvalue weighted by Gasteiger charge is 2.29. The molecule has 0 saturated heterocycles. The number of hydrogen-bond donors (Lipinski definition) is 0. The van der Waals surface area contributed by atoms with Crippen LogP contribution >= 0.6 is 27.5 Å². The third kappa shape index (κ3) is 2.48. The molecule has 1 unspecified atom stereocenters. The second-order valence-electron chi connectivity index (χ2n) is 4.72. The number of ketones is 1. The van der Waals surface area contributed by atoms with E-state index in [9.17, 15) is 4.79 Å². The van der Waals surface area contributed by atoms with Crippen molar-refractivity contribution in [1.82, 2.24) is 0 Å². The summed E-state index contributed by atoms with van der Waals surface area (Å²) in [5.74, 6) is 0.669. The van der Waals surface area contributed by atoms with E-state index in [0.29, 0.717) is 23.6 Å². The second-order valence-corrected chi connectivity index (χ2v) is 6.04. The van der Waals surface area contributed by atoms with Gasteiger partial charge in [-0.2, -0.15) is 0 Å². The molecule has 0 bridgehead atoms. The van der Waals surface area contributed by atoms with Gasteiger partial charge in [0, 0.05) is 15.6 Å². The smallest absolute Gasteiger partial charge is 0.172 e. The molecule has 102 valence electrons. The third-order valence-corrected chi connectivity index (χ3v) is 4.28. The molecule has 1 atom stereocenters. The van der Waals surface area contributed by atoms with E-state index >= 15 is 0 Å². The van der Waals surface area contributed by atoms with Crippen LogP contribution in [0.25, 0.3) is 0 Å². The Labute approximate surface area is 130 Å². The van der Waals surface area contributed by atoms with Gasteiger partial charge in [-0.15, -0.1) is 0 Å². The molecule has 20 heavy (non-hydrogen) atoms. The first-order valence-corrected chi connectivity index (χ1v) is 7.55. The van der Waals surface area contributed by atoms with Crippen LogP contribution in [-0.4, -0.2) is 12.4 Å². The van der Waals surface area contributed by atoms with Crippen molar-refractivity contribution in [2.24, 2.45) is 0 Å². The predicted molar refractivity (Wildman–Crippen MR) is 82.8 cm³/mol. The Morgan fingerprint density at radius 2 is 2.05 bits per heavy atom. The van der Waals surface area contributed by atoms with E-state index in [-0.39, 0.29) is 11.7 Å². The van der Waals surface area contributed by atoms with Crippen molar-refractivity contribution >= 4 is 33.3 Å². The van der Waals surface area contributed by atoms with Crippen LogP contribution in [0, 0.1) is 0 Å². The zero-order chi connectivity index (χ0) is 14.1. The lowest BCUT2D eigenvalue weighted by molar-refractivity contribution is 0.0933. The molecule has 1 aliphatic heterocycles. The molecular weight excluding hydrogens is 340 g/mol. The molecule has 0 amide bonds. The number of fused-ring (bicyclic) bond motifs is 1. The van der Waals surface area contributed by atoms with E-state index in [1.165, 1.54) is 0 Å². The minimum atomic E-state index is -0.182. The van der Waals surface area contributed by atoms with Crippen LogP contribution in [-0.2, 0) is 0 Å². The average molecular weight is 352 g/mol. The number of carbonyl (C=O) groups excluding carboxylic acids is 1. The minimum absolute atomic E-state index is 0.0539. The highest BCUT2D eigenvalue weighted by molar-refractivity contribution is 9.10. The second kappa shape index (κ2) is 5.58. The lowest BCUT2D eigenvalue weighted by Crippen LogP contribution is -2.21. The maximum absolute atomic E-state index is 12.7. The molecule has 0 radical (unpaired) electrons. The fourth-order valence-corrected chi connectivity index (χ4v) is 3.26. The molecule has 2 aromatic carbocycles. The summed E-state index contributed by atoms with van der Waals surface area (Å²) >= 11 is 9.54. The van der Waals surface area contributed by atoms with Gasteiger partial charge in [0.25, 0.3) is 0 Å². The van der Waals surface area contributed by atoms with Gasteiger partial charge in [0.2, 0.25) is 0 Å². The van der Waals surface area contributed by atoms with Gasteiger partial charge in [-0.1, -0.05) is 45.7 Å². The Hall–Kier alpha value is -1.32. The summed E-state index contributed by atoms with van der Waals surface area (Å²) in [4.78, 5) is 12.7. The van der Waals surface area contributed by atoms with Crippen LogP contribution < -0.4 is 4.74 Å². The maximum atomic E-state index is 12.7. The standard InChI is InChI=1S/C16H12BrClO2/c17-10-5-6-13(14(18)9-10)16(19)12-7-8-20-15-4-2-1-3-11(12)15/h1-6,9,12H,7-8H2. The first-order valence-electron chi connectivity index (χ1n) is 6.38. The molecule has 3 rings (SSSR count). The zero-order valence-corrected chi connectivity index (χ0v) is 12.9. The van der Waals surface area contributed by atoms with Gasteiger partial charge in [-0.3, -0.25) is 4.79 Å². The average Bonchev–Trinajstić information content (AvgIpc) is 2.46. The number of rotatable bonds is 2. The number of carbonyl (C=O) groups is 1. The van der Waals surface area contributed by atoms with Crippen molar-refractivity contribution in [3.63, 3.8) is 0 Å². The lowest BCUT2D eigenvalue weighted by Gasteiger charge is -2.25. The first kappa shape index (κ1) is 13.7. The van der Waals surface area contributed by atoms with Crippen molar-refractivity contribution in [1.29, 1.82) is 0 Å². The summed E-state index contributed by atoms with van der Waals surface area (Å²) < 4.78 is 6.46. The van der Waals surface area contributed by atoms with Crippen molar-refractivity contribution < 1.29 is 9.53 Å². The van der Waals surface area contributed by atoms with Gasteiger partial charge in [0.05, 0.1) is 17.5 Å². The highest BCUT2D eigenvalue weighted by atomic mass is 79.9. The van der Waals surface area contributed by atoms with Crippen LogP contribution in [0.15, 0.2) is 46.9 Å². The van der Waals surface area contributed by atoms with Crippen molar-refractivity contribution in [3.8, 4) is 5.75 Å². The Morgan fingerprint density at radius 1 is 1.25 bits per heavy atom. The molecule has 2 aromatic rings. The Bertz CT molecular complexity index is 669. The molecule has 0 fully saturated rings. The van der Waals surface area contributed by atoms with E-state index in [0.717, 1.165) is 15.8 Å². The molecule has 1 heterocycles. The molecule has 0 N–H and O–H groups in total. The molecule has 0 aliphatic carbocycles. The summed E-state index contributed by atoms with van der Waals surface area (Å²) in [6.45, 7) is 0.557. The highest BCUT2D eigenvalue weighted by Crippen LogP contribution is 2.37. The molecule has 0 aromatic heterocycles. The number of para-hydroxylation sites is 1. The van der Waals surface area contributed by atoms with Crippen LogP contribution in [0.3, 0.4) is 0 Å². The summed E-state index contributed by atoms with van der Waals surface area (Å²) in [7, 11) is 0. The van der Waals surface area contributed by atoms with Crippen molar-refractivity contribution in [2.45, 2.75) is 12.3 Å². The molecular formula is C16H12BrClO2. The summed E-state index contributed by atoms with van der Waals surface area (Å²) in [5.41, 5.74) is 1.51. The maximum Gasteiger partial charge on any atom is 0.172 e. The normalized spacial score (nSPS) is 17.2. The van der Waals surface area contributed by atoms with Crippen LogP contribution in [0.4, 0.5) is 0 Å². The largest absolute Gasteiger partial charge is 0.493 e. The Kier molecular flexibility index (Phi) is 3.81. The molecule has 0 saturated carbocycles. The van der Waals surface area contributed by atoms with E-state index in [2.05, 4.69) is 15.9 Å². The number of Topliss-reactive ketones (excluding diaryl/α,β-unsaturated/α-hetero) is 1. The van der Waals surface area contributed by atoms with E-state index in [4.69, 9.17) is 16.3 Å². The topological polar surface area (TPSA) is 26.3 Å². The lowest BCUT2D eigenvalue weighted by atomic mass is 9.86. The number of benzene rings is 2. The fourth-order valence-electron chi connectivity index (χ4n) is 2.49. The van der Waals surface area contributed by atoms with Crippen LogP contribution in [0.1, 0.15) is 28.3 Å². The Balaban J connectivity index is 2.00. The van der Waals surface area contributed by atoms with Crippen LogP contribution in [0.2, 0.25) is 5.02 Å². The quantitative estimate of drug-likeness (QED) is 0.723. The van der Waals surface area contributed by atoms with Gasteiger partial charge < -0.3 is 4.74 Å². The van der Waals surface area contributed by atoms with Crippen molar-refractivity contribution in [3.05, 3.63) is 63.1 Å². The summed E-state index contributed by atoms with van der Waals surface area (Å²) in [6, 6.07) is 13.0. The number of ether oxygens (including phenoxy) is 1. The molecule has 4 heteroatoms. The fraction of sp³-hybridized carbons (Fsp3) is 0.188.